The molecule has 0 amide bonds. The summed E-state index contributed by atoms with van der Waals surface area (Å²) >= 11 is 0. The van der Waals surface area contributed by atoms with Gasteiger partial charge in [-0.05, 0) is 30.9 Å². The van der Waals surface area contributed by atoms with Gasteiger partial charge in [0.2, 0.25) is 0 Å². The molecule has 3 heterocycles. The van der Waals surface area contributed by atoms with E-state index < -0.39 is 0 Å². The van der Waals surface area contributed by atoms with E-state index in [4.69, 9.17) is 4.74 Å². The molecule has 1 N–H and O–H groups in total. The van der Waals surface area contributed by atoms with Crippen molar-refractivity contribution < 1.29 is 4.74 Å². The molecule has 2 aromatic heterocycles. The van der Waals surface area contributed by atoms with Gasteiger partial charge in [0.15, 0.2) is 0 Å². The minimum Gasteiger partial charge on any atom is -0.381 e. The lowest BCUT2D eigenvalue weighted by molar-refractivity contribution is 0.0594. The van der Waals surface area contributed by atoms with Gasteiger partial charge in [0.1, 0.15) is 17.7 Å². The number of rotatable bonds is 4. The molecule has 1 unspecified atom stereocenters. The highest BCUT2D eigenvalue weighted by Gasteiger charge is 2.29. The molecule has 114 valence electrons. The Morgan fingerprint density at radius 2 is 2.18 bits per heavy atom. The fourth-order valence-electron chi connectivity index (χ4n) is 2.88. The third kappa shape index (κ3) is 2.95. The topological polar surface area (TPSA) is 75.8 Å². The smallest absolute Gasteiger partial charge is 0.144 e. The molecule has 2 aromatic rings. The molecule has 0 aliphatic carbocycles. The summed E-state index contributed by atoms with van der Waals surface area (Å²) in [7, 11) is 1.99. The number of nitrogens with zero attached hydrogens (tertiary/aromatic N) is 4. The first-order chi connectivity index (χ1) is 10.8. The second kappa shape index (κ2) is 6.58. The summed E-state index contributed by atoms with van der Waals surface area (Å²) < 4.78 is 7.49. The normalized spacial score (nSPS) is 16.9. The van der Waals surface area contributed by atoms with Crippen LogP contribution < -0.4 is 5.32 Å². The number of nitriles is 1. The molecule has 0 radical (unpaired) electrons. The van der Waals surface area contributed by atoms with Crippen molar-refractivity contribution in [3.63, 3.8) is 0 Å². The van der Waals surface area contributed by atoms with Crippen molar-refractivity contribution in [3.05, 3.63) is 42.1 Å². The van der Waals surface area contributed by atoms with Gasteiger partial charge in [0.05, 0.1) is 11.6 Å². The van der Waals surface area contributed by atoms with Crippen LogP contribution in [0.25, 0.3) is 0 Å². The van der Waals surface area contributed by atoms with Gasteiger partial charge >= 0.3 is 0 Å². The van der Waals surface area contributed by atoms with Crippen LogP contribution in [0.1, 0.15) is 30.3 Å². The van der Waals surface area contributed by atoms with Gasteiger partial charge < -0.3 is 14.6 Å². The van der Waals surface area contributed by atoms with E-state index in [2.05, 4.69) is 21.4 Å². The standard InChI is InChI=1S/C16H19N5O/c1-21-8-7-19-16(21)14(12-4-9-22-10-5-12)20-15-13(11-17)3-2-6-18-15/h2-3,6-8,12,14H,4-5,9-10H2,1H3,(H,18,20). The Labute approximate surface area is 129 Å². The lowest BCUT2D eigenvalue weighted by Gasteiger charge is -2.31. The molecule has 1 aliphatic rings. The Hall–Kier alpha value is -2.39. The van der Waals surface area contributed by atoms with Crippen molar-refractivity contribution in [2.75, 3.05) is 18.5 Å². The van der Waals surface area contributed by atoms with E-state index in [1.165, 1.54) is 0 Å². The zero-order valence-corrected chi connectivity index (χ0v) is 12.6. The van der Waals surface area contributed by atoms with Crippen molar-refractivity contribution >= 4 is 5.82 Å². The van der Waals surface area contributed by atoms with E-state index in [9.17, 15) is 5.26 Å². The third-order valence-electron chi connectivity index (χ3n) is 4.09. The number of ether oxygens (including phenoxy) is 1. The highest BCUT2D eigenvalue weighted by molar-refractivity contribution is 5.52. The van der Waals surface area contributed by atoms with Gasteiger partial charge in [-0.2, -0.15) is 5.26 Å². The Morgan fingerprint density at radius 1 is 1.36 bits per heavy atom. The molecule has 6 nitrogen and oxygen atoms in total. The number of hydrogen-bond donors (Lipinski definition) is 1. The first-order valence-corrected chi connectivity index (χ1v) is 7.46. The Kier molecular flexibility index (Phi) is 4.35. The number of anilines is 1. The lowest BCUT2D eigenvalue weighted by atomic mass is 9.91. The molecule has 0 saturated carbocycles. The molecule has 0 spiro atoms. The van der Waals surface area contributed by atoms with E-state index >= 15 is 0 Å². The summed E-state index contributed by atoms with van der Waals surface area (Å²) in [6.07, 6.45) is 7.38. The second-order valence-electron chi connectivity index (χ2n) is 5.48. The fourth-order valence-corrected chi connectivity index (χ4v) is 2.88. The number of aryl methyl sites for hydroxylation is 1. The summed E-state index contributed by atoms with van der Waals surface area (Å²) in [5.74, 6) is 1.98. The van der Waals surface area contributed by atoms with Crippen LogP contribution in [0.15, 0.2) is 30.7 Å². The minimum absolute atomic E-state index is 0.0194. The van der Waals surface area contributed by atoms with Crippen LogP contribution in [0.3, 0.4) is 0 Å². The van der Waals surface area contributed by atoms with E-state index in [0.29, 0.717) is 17.3 Å². The quantitative estimate of drug-likeness (QED) is 0.937. The highest BCUT2D eigenvalue weighted by atomic mass is 16.5. The molecule has 3 rings (SSSR count). The SMILES string of the molecule is Cn1ccnc1C(Nc1ncccc1C#N)C1CCOCC1. The number of hydrogen-bond acceptors (Lipinski definition) is 5. The zero-order valence-electron chi connectivity index (χ0n) is 12.6. The summed E-state index contributed by atoms with van der Waals surface area (Å²) in [4.78, 5) is 8.81. The average Bonchev–Trinajstić information content (AvgIpc) is 2.99. The average molecular weight is 297 g/mol. The number of pyridine rings is 1. The van der Waals surface area contributed by atoms with Gasteiger partial charge in [-0.1, -0.05) is 0 Å². The van der Waals surface area contributed by atoms with Crippen molar-refractivity contribution in [1.29, 1.82) is 5.26 Å². The molecule has 1 aliphatic heterocycles. The molecule has 0 bridgehead atoms. The monoisotopic (exact) mass is 297 g/mol. The molecular weight excluding hydrogens is 278 g/mol. The van der Waals surface area contributed by atoms with Gasteiger partial charge in [-0.3, -0.25) is 0 Å². The third-order valence-corrected chi connectivity index (χ3v) is 4.09. The molecule has 6 heteroatoms. The van der Waals surface area contributed by atoms with Crippen molar-refractivity contribution in [2.24, 2.45) is 13.0 Å². The van der Waals surface area contributed by atoms with Crippen molar-refractivity contribution in [2.45, 2.75) is 18.9 Å². The number of imidazole rings is 1. The molecule has 1 atom stereocenters. The number of nitrogens with one attached hydrogen (secondary N) is 1. The molecule has 1 fully saturated rings. The first-order valence-electron chi connectivity index (χ1n) is 7.46. The van der Waals surface area contributed by atoms with Crippen LogP contribution in [-0.2, 0) is 11.8 Å². The maximum atomic E-state index is 9.26. The molecule has 0 aromatic carbocycles. The Bertz CT molecular complexity index is 669. The molecule has 22 heavy (non-hydrogen) atoms. The fraction of sp³-hybridized carbons (Fsp3) is 0.438. The number of aromatic nitrogens is 3. The van der Waals surface area contributed by atoms with Crippen molar-refractivity contribution in [3.8, 4) is 6.07 Å². The predicted octanol–water partition coefficient (Wildman–Crippen LogP) is 2.27. The van der Waals surface area contributed by atoms with Gasteiger partial charge in [-0.25, -0.2) is 9.97 Å². The summed E-state index contributed by atoms with van der Waals surface area (Å²) in [6, 6.07) is 5.75. The molecular formula is C16H19N5O. The van der Waals surface area contributed by atoms with E-state index in [-0.39, 0.29) is 6.04 Å². The van der Waals surface area contributed by atoms with Crippen LogP contribution >= 0.6 is 0 Å². The minimum atomic E-state index is 0.0194. The first kappa shape index (κ1) is 14.5. The van der Waals surface area contributed by atoms with E-state index in [1.807, 2.05) is 17.8 Å². The zero-order chi connectivity index (χ0) is 15.4. The van der Waals surface area contributed by atoms with Crippen LogP contribution in [0, 0.1) is 17.2 Å². The Balaban J connectivity index is 1.92. The highest BCUT2D eigenvalue weighted by Crippen LogP contribution is 2.32. The molecule has 1 saturated heterocycles. The van der Waals surface area contributed by atoms with Crippen LogP contribution in [-0.4, -0.2) is 27.7 Å². The van der Waals surface area contributed by atoms with Gasteiger partial charge in [0.25, 0.3) is 0 Å². The summed E-state index contributed by atoms with van der Waals surface area (Å²) in [5.41, 5.74) is 0.550. The summed E-state index contributed by atoms with van der Waals surface area (Å²) in [6.45, 7) is 1.53. The van der Waals surface area contributed by atoms with Crippen LogP contribution in [0.2, 0.25) is 0 Å². The van der Waals surface area contributed by atoms with Crippen LogP contribution in [0.4, 0.5) is 5.82 Å². The second-order valence-corrected chi connectivity index (χ2v) is 5.48. The van der Waals surface area contributed by atoms with Gasteiger partial charge in [-0.15, -0.1) is 0 Å². The van der Waals surface area contributed by atoms with Crippen LogP contribution in [0.5, 0.6) is 0 Å². The van der Waals surface area contributed by atoms with E-state index in [1.54, 1.807) is 24.5 Å². The van der Waals surface area contributed by atoms with Crippen molar-refractivity contribution in [1.82, 2.24) is 14.5 Å². The summed E-state index contributed by atoms with van der Waals surface area (Å²) in [5, 5.41) is 12.7. The maximum absolute atomic E-state index is 9.26. The lowest BCUT2D eigenvalue weighted by Crippen LogP contribution is -2.29. The predicted molar refractivity (Wildman–Crippen MR) is 82.1 cm³/mol. The van der Waals surface area contributed by atoms with Gasteiger partial charge in [0, 0.05) is 38.9 Å². The Morgan fingerprint density at radius 3 is 2.86 bits per heavy atom. The van der Waals surface area contributed by atoms with E-state index in [0.717, 1.165) is 31.9 Å². The largest absolute Gasteiger partial charge is 0.381 e. The maximum Gasteiger partial charge on any atom is 0.144 e.